The molecule has 38 heavy (non-hydrogen) atoms. The first kappa shape index (κ1) is 24.6. The fourth-order valence-corrected chi connectivity index (χ4v) is 5.65. The highest BCUT2D eigenvalue weighted by Crippen LogP contribution is 2.44. The van der Waals surface area contributed by atoms with Crippen molar-refractivity contribution < 1.29 is 18.3 Å². The number of nitrogens with zero attached hydrogens (tertiary/aromatic N) is 3. The Hall–Kier alpha value is -3.76. The summed E-state index contributed by atoms with van der Waals surface area (Å²) >= 11 is 0. The van der Waals surface area contributed by atoms with Crippen molar-refractivity contribution in [3.05, 3.63) is 53.7 Å². The van der Waals surface area contributed by atoms with Crippen LogP contribution in [0.4, 0.5) is 20.3 Å². The Kier molecular flexibility index (Phi) is 6.37. The molecule has 2 fully saturated rings. The maximum absolute atomic E-state index is 14.6. The number of imidazole rings is 1. The molecule has 0 bridgehead atoms. The number of nitrogens with one attached hydrogen (secondary N) is 3. The third-order valence-corrected chi connectivity index (χ3v) is 7.33. The van der Waals surface area contributed by atoms with Crippen molar-refractivity contribution in [2.45, 2.75) is 25.5 Å². The minimum absolute atomic E-state index is 0.0171. The number of benzene rings is 2. The Balaban J connectivity index is 1.59. The van der Waals surface area contributed by atoms with Gasteiger partial charge in [0.2, 0.25) is 0 Å². The number of aromatic amines is 1. The van der Waals surface area contributed by atoms with Crippen LogP contribution in [0.3, 0.4) is 0 Å². The summed E-state index contributed by atoms with van der Waals surface area (Å²) in [4.78, 5) is 15.1. The number of H-pyrrole nitrogens is 1. The van der Waals surface area contributed by atoms with Gasteiger partial charge in [0, 0.05) is 50.6 Å². The van der Waals surface area contributed by atoms with E-state index in [2.05, 4.69) is 20.5 Å². The number of aryl methyl sites for hydroxylation is 1. The first-order valence-electron chi connectivity index (χ1n) is 12.8. The second kappa shape index (κ2) is 9.85. The molecular weight excluding hydrogens is 490 g/mol. The van der Waals surface area contributed by atoms with Crippen molar-refractivity contribution in [1.29, 1.82) is 0 Å². The third-order valence-electron chi connectivity index (χ3n) is 7.33. The molecule has 0 spiro atoms. The van der Waals surface area contributed by atoms with Gasteiger partial charge in [0.05, 0.1) is 36.6 Å². The van der Waals surface area contributed by atoms with Gasteiger partial charge in [-0.05, 0) is 42.7 Å². The summed E-state index contributed by atoms with van der Waals surface area (Å²) in [6.07, 6.45) is 2.68. The highest BCUT2D eigenvalue weighted by atomic mass is 19.1. The van der Waals surface area contributed by atoms with E-state index in [1.54, 1.807) is 13.2 Å². The number of halogens is 2. The molecule has 2 aliphatic heterocycles. The number of hydrogen-bond donors (Lipinski definition) is 3. The maximum Gasteiger partial charge on any atom is 0.149 e. The number of piperidine rings is 1. The lowest BCUT2D eigenvalue weighted by atomic mass is 9.95. The van der Waals surface area contributed by atoms with Crippen molar-refractivity contribution in [1.82, 2.24) is 20.3 Å². The van der Waals surface area contributed by atoms with E-state index in [0.29, 0.717) is 47.1 Å². The van der Waals surface area contributed by atoms with Gasteiger partial charge in [-0.15, -0.1) is 0 Å². The van der Waals surface area contributed by atoms with Gasteiger partial charge in [-0.3, -0.25) is 0 Å². The van der Waals surface area contributed by atoms with Gasteiger partial charge in [0.1, 0.15) is 34.5 Å². The molecule has 0 unspecified atom stereocenters. The van der Waals surface area contributed by atoms with Crippen LogP contribution in [-0.2, 0) is 4.74 Å². The SMILES string of the molecule is CNc1ncc(-c2cc(C)cc(F)c2)c(N2CC[C@@H]3NCCO[C@H]3C2)c1-c1nc2c(OC)cc(F)cc2[nH]1. The Morgan fingerprint density at radius 3 is 2.79 bits per heavy atom. The number of pyridine rings is 1. The average Bonchev–Trinajstić information content (AvgIpc) is 3.34. The molecule has 6 rings (SSSR count). The zero-order chi connectivity index (χ0) is 26.4. The van der Waals surface area contributed by atoms with Crippen LogP contribution in [0.5, 0.6) is 5.75 Å². The Morgan fingerprint density at radius 2 is 2.00 bits per heavy atom. The van der Waals surface area contributed by atoms with E-state index in [0.717, 1.165) is 41.9 Å². The quantitative estimate of drug-likeness (QED) is 0.357. The van der Waals surface area contributed by atoms with E-state index in [4.69, 9.17) is 19.4 Å². The summed E-state index contributed by atoms with van der Waals surface area (Å²) in [5.74, 6) is 0.704. The van der Waals surface area contributed by atoms with E-state index < -0.39 is 5.82 Å². The summed E-state index contributed by atoms with van der Waals surface area (Å²) in [6, 6.07) is 7.98. The van der Waals surface area contributed by atoms with E-state index in [-0.39, 0.29) is 18.0 Å². The monoisotopic (exact) mass is 520 g/mol. The molecular formula is C28H30F2N6O2. The van der Waals surface area contributed by atoms with Gasteiger partial charge in [0.25, 0.3) is 0 Å². The predicted octanol–water partition coefficient (Wildman–Crippen LogP) is 4.50. The molecule has 198 valence electrons. The van der Waals surface area contributed by atoms with Crippen molar-refractivity contribution >= 4 is 22.5 Å². The Morgan fingerprint density at radius 1 is 1.16 bits per heavy atom. The lowest BCUT2D eigenvalue weighted by molar-refractivity contribution is -0.00899. The molecule has 2 aromatic heterocycles. The predicted molar refractivity (Wildman–Crippen MR) is 144 cm³/mol. The standard InChI is InChI=1S/C28H30F2N6O2/c1-15-8-16(10-17(29)9-15)19-13-33-27(31-2)24(26(19)36-6-4-20-23(14-36)38-7-5-32-20)28-34-21-11-18(30)12-22(37-3)25(21)35-28/h8-13,20,23,32H,4-7,14H2,1-3H3,(H,31,33)(H,34,35)/t20-,23-/m0/s1. The topological polar surface area (TPSA) is 87.3 Å². The summed E-state index contributed by atoms with van der Waals surface area (Å²) in [7, 11) is 3.29. The van der Waals surface area contributed by atoms with Crippen molar-refractivity contribution in [2.24, 2.45) is 0 Å². The molecule has 3 N–H and O–H groups in total. The number of morpholine rings is 1. The number of fused-ring (bicyclic) bond motifs is 2. The highest BCUT2D eigenvalue weighted by molar-refractivity contribution is 5.97. The first-order valence-corrected chi connectivity index (χ1v) is 12.8. The minimum Gasteiger partial charge on any atom is -0.494 e. The number of hydrogen-bond acceptors (Lipinski definition) is 7. The zero-order valence-electron chi connectivity index (χ0n) is 21.6. The van der Waals surface area contributed by atoms with Crippen LogP contribution < -0.4 is 20.3 Å². The van der Waals surface area contributed by atoms with Crippen LogP contribution in [0, 0.1) is 18.6 Å². The van der Waals surface area contributed by atoms with E-state index >= 15 is 0 Å². The molecule has 2 saturated heterocycles. The smallest absolute Gasteiger partial charge is 0.149 e. The second-order valence-electron chi connectivity index (χ2n) is 9.81. The number of rotatable bonds is 5. The molecule has 0 aliphatic carbocycles. The molecule has 8 nitrogen and oxygen atoms in total. The molecule has 0 saturated carbocycles. The highest BCUT2D eigenvalue weighted by Gasteiger charge is 2.35. The summed E-state index contributed by atoms with van der Waals surface area (Å²) < 4.78 is 40.5. The van der Waals surface area contributed by atoms with Crippen LogP contribution >= 0.6 is 0 Å². The lowest BCUT2D eigenvalue weighted by Crippen LogP contribution is -2.58. The largest absolute Gasteiger partial charge is 0.494 e. The van der Waals surface area contributed by atoms with E-state index in [9.17, 15) is 8.78 Å². The van der Waals surface area contributed by atoms with Gasteiger partial charge in [-0.25, -0.2) is 18.7 Å². The van der Waals surface area contributed by atoms with Crippen LogP contribution in [0.1, 0.15) is 12.0 Å². The molecule has 0 radical (unpaired) electrons. The fourth-order valence-electron chi connectivity index (χ4n) is 5.65. The van der Waals surface area contributed by atoms with Gasteiger partial charge in [-0.2, -0.15) is 0 Å². The van der Waals surface area contributed by atoms with E-state index in [1.807, 2.05) is 13.0 Å². The molecule has 10 heteroatoms. The number of aromatic nitrogens is 3. The molecule has 2 aliphatic rings. The van der Waals surface area contributed by atoms with Crippen LogP contribution in [0.25, 0.3) is 33.5 Å². The normalized spacial score (nSPS) is 19.4. The maximum atomic E-state index is 14.6. The first-order chi connectivity index (χ1) is 18.4. The summed E-state index contributed by atoms with van der Waals surface area (Å²) in [5, 5.41) is 6.76. The van der Waals surface area contributed by atoms with Gasteiger partial charge in [-0.1, -0.05) is 6.07 Å². The average molecular weight is 521 g/mol. The summed E-state index contributed by atoms with van der Waals surface area (Å²) in [6.45, 7) is 4.78. The van der Waals surface area contributed by atoms with Gasteiger partial charge >= 0.3 is 0 Å². The summed E-state index contributed by atoms with van der Waals surface area (Å²) in [5.41, 5.74) is 4.92. The van der Waals surface area contributed by atoms with Crippen LogP contribution in [0.15, 0.2) is 36.5 Å². The number of methoxy groups -OCH3 is 1. The second-order valence-corrected chi connectivity index (χ2v) is 9.81. The molecule has 4 heterocycles. The van der Waals surface area contributed by atoms with E-state index in [1.165, 1.54) is 31.4 Å². The Labute approximate surface area is 219 Å². The third kappa shape index (κ3) is 4.33. The number of ether oxygens (including phenoxy) is 2. The molecule has 4 aromatic rings. The van der Waals surface area contributed by atoms with Gasteiger partial charge < -0.3 is 30.0 Å². The van der Waals surface area contributed by atoms with Crippen LogP contribution in [0.2, 0.25) is 0 Å². The zero-order valence-corrected chi connectivity index (χ0v) is 21.6. The van der Waals surface area contributed by atoms with Crippen LogP contribution in [-0.4, -0.2) is 67.5 Å². The van der Waals surface area contributed by atoms with Crippen molar-refractivity contribution in [2.75, 3.05) is 50.6 Å². The number of anilines is 2. The fraction of sp³-hybridized carbons (Fsp3) is 0.357. The van der Waals surface area contributed by atoms with Gasteiger partial charge in [0.15, 0.2) is 0 Å². The Bertz CT molecular complexity index is 1490. The molecule has 0 amide bonds. The van der Waals surface area contributed by atoms with Crippen molar-refractivity contribution in [3.63, 3.8) is 0 Å². The van der Waals surface area contributed by atoms with Crippen molar-refractivity contribution in [3.8, 4) is 28.3 Å². The molecule has 2 aromatic carbocycles. The lowest BCUT2D eigenvalue weighted by Gasteiger charge is -2.43. The minimum atomic E-state index is -0.426. The molecule has 2 atom stereocenters.